The van der Waals surface area contributed by atoms with Crippen LogP contribution in [0.1, 0.15) is 116 Å². The molecule has 0 aromatic heterocycles. The number of rotatable bonds is 24. The van der Waals surface area contributed by atoms with Crippen molar-refractivity contribution in [3.05, 3.63) is 0 Å². The van der Waals surface area contributed by atoms with Gasteiger partial charge in [-0.2, -0.15) is 16.8 Å². The van der Waals surface area contributed by atoms with Crippen molar-refractivity contribution in [2.75, 3.05) is 14.1 Å². The van der Waals surface area contributed by atoms with Gasteiger partial charge >= 0.3 is 34.6 Å². The lowest BCUT2D eigenvalue weighted by atomic mass is 10.0. The third-order valence-corrected chi connectivity index (χ3v) is 14.7. The standard InChI is InChI=1S/C23H47NO12S4/c1-4-5-6-7-8-9-10-11-12-13-14-15-16-17-18-19-20-22(39(31,32)33,40(34,35)36)24(2,3)23(21(25)26,37(27)28)38(29)30/h4-20H2,1-3H3,(H4-,25,26,27,28,29,30,31,32,33,34,35,36)/p+1. The number of carboxylic acid groups (broad SMARTS) is 1. The molecule has 0 spiro atoms. The molecule has 0 aromatic rings. The summed E-state index contributed by atoms with van der Waals surface area (Å²) in [5, 5.41) is 9.63. The molecule has 0 saturated carbocycles. The lowest BCUT2D eigenvalue weighted by Crippen LogP contribution is -2.80. The van der Waals surface area contributed by atoms with Gasteiger partial charge in [-0.25, -0.2) is 13.2 Å². The van der Waals surface area contributed by atoms with Crippen molar-refractivity contribution in [2.24, 2.45) is 0 Å². The first kappa shape index (κ1) is 39.5. The van der Waals surface area contributed by atoms with Crippen LogP contribution in [-0.2, 0) is 47.2 Å². The molecule has 2 unspecified atom stereocenters. The summed E-state index contributed by atoms with van der Waals surface area (Å²) in [7, 11) is -11.0. The third kappa shape index (κ3) is 9.49. The summed E-state index contributed by atoms with van der Waals surface area (Å²) in [5.41, 5.74) is 0. The SMILES string of the molecule is CCCCCCCCCCCCCCCCCCC([N+](C)(C)C(C(=O)O)(S(=O)O)S(=O)O)(S(=O)(=O)O)S(=O)(=O)O. The molecule has 0 aliphatic heterocycles. The fourth-order valence-electron chi connectivity index (χ4n) is 5.21. The summed E-state index contributed by atoms with van der Waals surface area (Å²) in [6, 6.07) is 0. The molecule has 0 aliphatic rings. The summed E-state index contributed by atoms with van der Waals surface area (Å²) < 4.78 is 104. The van der Waals surface area contributed by atoms with Crippen molar-refractivity contribution >= 4 is 48.4 Å². The molecule has 0 aromatic carbocycles. The number of carboxylic acids is 1. The molecule has 0 aliphatic carbocycles. The Morgan fingerprint density at radius 3 is 1.15 bits per heavy atom. The molecule has 0 fully saturated rings. The minimum atomic E-state index is -5.97. The Labute approximate surface area is 244 Å². The predicted molar refractivity (Wildman–Crippen MR) is 154 cm³/mol. The Morgan fingerprint density at radius 1 is 0.650 bits per heavy atom. The predicted octanol–water partition coefficient (Wildman–Crippen LogP) is 4.33. The van der Waals surface area contributed by atoms with Gasteiger partial charge in [0.2, 0.25) is 22.2 Å². The largest absolute Gasteiger partial charge is 0.475 e. The van der Waals surface area contributed by atoms with E-state index in [9.17, 15) is 53.4 Å². The van der Waals surface area contributed by atoms with Gasteiger partial charge in [-0.1, -0.05) is 103 Å². The van der Waals surface area contributed by atoms with Crippen LogP contribution in [-0.4, -0.2) is 81.5 Å². The highest BCUT2D eigenvalue weighted by molar-refractivity contribution is 8.05. The number of likely N-dealkylation sites (N-methyl/N-ethyl adjacent to an activating group) is 1. The fourth-order valence-corrected chi connectivity index (χ4v) is 10.6. The third-order valence-electron chi connectivity index (χ3n) is 7.48. The van der Waals surface area contributed by atoms with E-state index in [1.165, 1.54) is 51.4 Å². The quantitative estimate of drug-likeness (QED) is 0.0423. The zero-order valence-electron chi connectivity index (χ0n) is 23.7. The Bertz CT molecular complexity index is 976. The smallest absolute Gasteiger partial charge is 0.398 e. The fraction of sp³-hybridized carbons (Fsp3) is 0.957. The van der Waals surface area contributed by atoms with Crippen molar-refractivity contribution < 1.29 is 57.8 Å². The van der Waals surface area contributed by atoms with E-state index < -0.39 is 67.7 Å². The van der Waals surface area contributed by atoms with Crippen LogP contribution < -0.4 is 0 Å². The molecular weight excluding hydrogens is 611 g/mol. The normalized spacial score (nSPS) is 16.4. The maximum atomic E-state index is 12.5. The Balaban J connectivity index is 5.21. The zero-order chi connectivity index (χ0) is 31.3. The Morgan fingerprint density at radius 2 is 0.925 bits per heavy atom. The van der Waals surface area contributed by atoms with E-state index >= 15 is 0 Å². The Kier molecular flexibility index (Phi) is 17.3. The molecular formula is C23H48NO12S4+. The number of hydrogen-bond donors (Lipinski definition) is 5. The monoisotopic (exact) mass is 658 g/mol. The molecule has 240 valence electrons. The van der Waals surface area contributed by atoms with Crippen LogP contribution in [0.3, 0.4) is 0 Å². The number of nitrogens with zero attached hydrogens (tertiary/aromatic N) is 1. The molecule has 0 radical (unpaired) electrons. The minimum absolute atomic E-state index is 0.218. The van der Waals surface area contributed by atoms with Crippen LogP contribution >= 0.6 is 0 Å². The van der Waals surface area contributed by atoms with E-state index in [2.05, 4.69) is 6.92 Å². The van der Waals surface area contributed by atoms with Gasteiger partial charge in [-0.15, -0.1) is 0 Å². The summed E-state index contributed by atoms with van der Waals surface area (Å²) in [6.45, 7) is 2.20. The average molecular weight is 659 g/mol. The van der Waals surface area contributed by atoms with Gasteiger partial charge in [0.05, 0.1) is 14.1 Å². The molecule has 0 saturated heterocycles. The second-order valence-corrected chi connectivity index (χ2v) is 16.5. The van der Waals surface area contributed by atoms with Gasteiger partial charge in [0, 0.05) is 6.42 Å². The van der Waals surface area contributed by atoms with Crippen molar-refractivity contribution in [1.82, 2.24) is 0 Å². The number of hydrogen-bond acceptors (Lipinski definition) is 7. The molecule has 0 heterocycles. The first-order valence-corrected chi connectivity index (χ1v) is 18.7. The van der Waals surface area contributed by atoms with E-state index in [-0.39, 0.29) is 12.8 Å². The number of unbranched alkanes of at least 4 members (excludes halogenated alkanes) is 15. The molecule has 0 bridgehead atoms. The first-order chi connectivity index (χ1) is 18.4. The van der Waals surface area contributed by atoms with E-state index in [0.29, 0.717) is 20.5 Å². The van der Waals surface area contributed by atoms with Gasteiger partial charge < -0.3 is 5.11 Å². The summed E-state index contributed by atoms with van der Waals surface area (Å²) in [6.07, 6.45) is 14.3. The van der Waals surface area contributed by atoms with Crippen LogP contribution in [0.2, 0.25) is 0 Å². The van der Waals surface area contributed by atoms with Gasteiger partial charge in [0.1, 0.15) is 0 Å². The average Bonchev–Trinajstić information content (AvgIpc) is 2.78. The first-order valence-electron chi connectivity index (χ1n) is 13.6. The number of aliphatic carboxylic acids is 1. The highest BCUT2D eigenvalue weighted by Gasteiger charge is 2.79. The summed E-state index contributed by atoms with van der Waals surface area (Å²) in [4.78, 5) is 12.0. The molecule has 13 nitrogen and oxygen atoms in total. The van der Waals surface area contributed by atoms with E-state index in [1.807, 2.05) is 0 Å². The lowest BCUT2D eigenvalue weighted by Gasteiger charge is -2.49. The van der Waals surface area contributed by atoms with Crippen LogP contribution in [0, 0.1) is 0 Å². The van der Waals surface area contributed by atoms with Gasteiger partial charge in [0.25, 0.3) is 0 Å². The van der Waals surface area contributed by atoms with Crippen molar-refractivity contribution in [1.29, 1.82) is 0 Å². The molecule has 2 atom stereocenters. The van der Waals surface area contributed by atoms with Gasteiger partial charge in [0.15, 0.2) is 0 Å². The van der Waals surface area contributed by atoms with E-state index in [4.69, 9.17) is 0 Å². The van der Waals surface area contributed by atoms with Crippen LogP contribution in [0.15, 0.2) is 0 Å². The molecule has 0 rings (SSSR count). The Hall–Kier alpha value is -0.530. The van der Waals surface area contributed by atoms with Gasteiger partial charge in [-0.05, 0) is 6.42 Å². The highest BCUT2D eigenvalue weighted by Crippen LogP contribution is 2.45. The van der Waals surface area contributed by atoms with Crippen molar-refractivity contribution in [3.63, 3.8) is 0 Å². The van der Waals surface area contributed by atoms with E-state index in [1.54, 1.807) is 0 Å². The summed E-state index contributed by atoms with van der Waals surface area (Å²) in [5.74, 6) is -2.50. The van der Waals surface area contributed by atoms with Crippen molar-refractivity contribution in [2.45, 2.75) is 124 Å². The number of quaternary nitrogens is 1. The van der Waals surface area contributed by atoms with Gasteiger partial charge in [-0.3, -0.25) is 22.7 Å². The molecule has 17 heteroatoms. The van der Waals surface area contributed by atoms with Crippen LogP contribution in [0.4, 0.5) is 0 Å². The second kappa shape index (κ2) is 17.6. The number of carbonyl (C=O) groups is 1. The maximum absolute atomic E-state index is 12.5. The second-order valence-electron chi connectivity index (χ2n) is 10.6. The van der Waals surface area contributed by atoms with Crippen LogP contribution in [0.5, 0.6) is 0 Å². The highest BCUT2D eigenvalue weighted by atomic mass is 32.3. The molecule has 0 amide bonds. The maximum Gasteiger partial charge on any atom is 0.398 e. The summed E-state index contributed by atoms with van der Waals surface area (Å²) >= 11 is -7.71. The lowest BCUT2D eigenvalue weighted by molar-refractivity contribution is -0.924. The van der Waals surface area contributed by atoms with Crippen LogP contribution in [0.25, 0.3) is 0 Å². The van der Waals surface area contributed by atoms with E-state index in [0.717, 1.165) is 32.1 Å². The minimum Gasteiger partial charge on any atom is -0.475 e. The molecule has 40 heavy (non-hydrogen) atoms. The molecule has 5 N–H and O–H groups in total. The zero-order valence-corrected chi connectivity index (χ0v) is 27.0. The van der Waals surface area contributed by atoms with Crippen molar-refractivity contribution in [3.8, 4) is 0 Å². The topological polar surface area (TPSA) is 221 Å².